The molecule has 1 atom stereocenters. The predicted octanol–water partition coefficient (Wildman–Crippen LogP) is 2.08. The van der Waals surface area contributed by atoms with Gasteiger partial charge in [-0.2, -0.15) is 0 Å². The van der Waals surface area contributed by atoms with Crippen molar-refractivity contribution in [3.05, 3.63) is 21.9 Å². The molecule has 2 rings (SSSR count). The SMILES string of the molecule is Cc1ccc(C(C)N(C)C(=O)C2(N)CCOCC2)s1. The maximum Gasteiger partial charge on any atom is 0.243 e. The van der Waals surface area contributed by atoms with Gasteiger partial charge >= 0.3 is 0 Å². The minimum absolute atomic E-state index is 0.0225. The zero-order valence-electron chi connectivity index (χ0n) is 11.8. The molecule has 0 aliphatic carbocycles. The molecule has 2 heterocycles. The second-order valence-corrected chi connectivity index (χ2v) is 6.63. The Hall–Kier alpha value is -0.910. The third-order valence-electron chi connectivity index (χ3n) is 3.89. The third-order valence-corrected chi connectivity index (χ3v) is 5.06. The minimum atomic E-state index is -0.756. The van der Waals surface area contributed by atoms with Crippen LogP contribution < -0.4 is 5.73 Å². The number of ether oxygens (including phenoxy) is 1. The zero-order valence-corrected chi connectivity index (χ0v) is 12.6. The van der Waals surface area contributed by atoms with E-state index in [1.807, 2.05) is 14.0 Å². The number of nitrogens with two attached hydrogens (primary N) is 1. The summed E-state index contributed by atoms with van der Waals surface area (Å²) in [6.07, 6.45) is 1.21. The molecule has 0 spiro atoms. The Morgan fingerprint density at radius 2 is 2.11 bits per heavy atom. The Labute approximate surface area is 118 Å². The first-order chi connectivity index (χ1) is 8.94. The van der Waals surface area contributed by atoms with E-state index in [1.54, 1.807) is 16.2 Å². The van der Waals surface area contributed by atoms with Crippen molar-refractivity contribution in [2.75, 3.05) is 20.3 Å². The number of likely N-dealkylation sites (N-methyl/N-ethyl adjacent to an activating group) is 1. The molecule has 2 N–H and O–H groups in total. The highest BCUT2D eigenvalue weighted by Crippen LogP contribution is 2.29. The maximum atomic E-state index is 12.6. The van der Waals surface area contributed by atoms with Crippen molar-refractivity contribution >= 4 is 17.2 Å². The van der Waals surface area contributed by atoms with Gasteiger partial charge in [0.2, 0.25) is 5.91 Å². The quantitative estimate of drug-likeness (QED) is 0.923. The van der Waals surface area contributed by atoms with E-state index in [0.29, 0.717) is 26.1 Å². The Morgan fingerprint density at radius 3 is 2.63 bits per heavy atom. The molecule has 1 aliphatic rings. The van der Waals surface area contributed by atoms with Crippen LogP contribution in [0.2, 0.25) is 0 Å². The van der Waals surface area contributed by atoms with Crippen molar-refractivity contribution in [1.29, 1.82) is 0 Å². The van der Waals surface area contributed by atoms with E-state index in [2.05, 4.69) is 19.1 Å². The molecule has 1 aromatic rings. The van der Waals surface area contributed by atoms with Gasteiger partial charge in [-0.3, -0.25) is 4.79 Å². The van der Waals surface area contributed by atoms with Crippen LogP contribution in [0.4, 0.5) is 0 Å². The van der Waals surface area contributed by atoms with Crippen LogP contribution in [0.1, 0.15) is 35.6 Å². The first-order valence-corrected chi connectivity index (χ1v) is 7.46. The lowest BCUT2D eigenvalue weighted by Gasteiger charge is -2.37. The van der Waals surface area contributed by atoms with Crippen LogP contribution >= 0.6 is 11.3 Å². The number of carbonyl (C=O) groups excluding carboxylic acids is 1. The van der Waals surface area contributed by atoms with Crippen molar-refractivity contribution in [1.82, 2.24) is 4.90 Å². The second-order valence-electron chi connectivity index (χ2n) is 5.31. The van der Waals surface area contributed by atoms with Crippen LogP contribution in [-0.4, -0.2) is 36.6 Å². The van der Waals surface area contributed by atoms with Crippen LogP contribution in [-0.2, 0) is 9.53 Å². The number of rotatable bonds is 3. The van der Waals surface area contributed by atoms with Gasteiger partial charge in [-0.25, -0.2) is 0 Å². The molecule has 19 heavy (non-hydrogen) atoms. The number of aryl methyl sites for hydroxylation is 1. The Balaban J connectivity index is 2.10. The second kappa shape index (κ2) is 5.61. The van der Waals surface area contributed by atoms with Gasteiger partial charge < -0.3 is 15.4 Å². The van der Waals surface area contributed by atoms with Gasteiger partial charge in [0.15, 0.2) is 0 Å². The average molecular weight is 282 g/mol. The normalized spacial score (nSPS) is 20.0. The van der Waals surface area contributed by atoms with Crippen LogP contribution in [0.3, 0.4) is 0 Å². The summed E-state index contributed by atoms with van der Waals surface area (Å²) in [6.45, 7) is 5.27. The standard InChI is InChI=1S/C14H22N2O2S/c1-10-4-5-12(19-10)11(2)16(3)13(17)14(15)6-8-18-9-7-14/h4-5,11H,6-9,15H2,1-3H3. The third kappa shape index (κ3) is 2.99. The highest BCUT2D eigenvalue weighted by atomic mass is 32.1. The summed E-state index contributed by atoms with van der Waals surface area (Å²) < 4.78 is 5.29. The van der Waals surface area contributed by atoms with E-state index in [-0.39, 0.29) is 11.9 Å². The highest BCUT2D eigenvalue weighted by Gasteiger charge is 2.39. The van der Waals surface area contributed by atoms with Gasteiger partial charge in [0, 0.05) is 30.0 Å². The number of thiophene rings is 1. The lowest BCUT2D eigenvalue weighted by molar-refractivity contribution is -0.141. The summed E-state index contributed by atoms with van der Waals surface area (Å²) in [5, 5.41) is 0. The van der Waals surface area contributed by atoms with Gasteiger partial charge in [0.05, 0.1) is 11.6 Å². The molecule has 5 heteroatoms. The summed E-state index contributed by atoms with van der Waals surface area (Å²) in [6, 6.07) is 4.23. The number of carbonyl (C=O) groups is 1. The monoisotopic (exact) mass is 282 g/mol. The fraction of sp³-hybridized carbons (Fsp3) is 0.643. The fourth-order valence-electron chi connectivity index (χ4n) is 2.35. The van der Waals surface area contributed by atoms with E-state index in [4.69, 9.17) is 10.5 Å². The lowest BCUT2D eigenvalue weighted by atomic mass is 9.89. The number of nitrogens with zero attached hydrogens (tertiary/aromatic N) is 1. The summed E-state index contributed by atoms with van der Waals surface area (Å²) in [4.78, 5) is 16.8. The maximum absolute atomic E-state index is 12.6. The Kier molecular flexibility index (Phi) is 4.28. The predicted molar refractivity (Wildman–Crippen MR) is 77.2 cm³/mol. The molecule has 1 fully saturated rings. The van der Waals surface area contributed by atoms with E-state index < -0.39 is 5.54 Å². The molecule has 106 valence electrons. The Morgan fingerprint density at radius 1 is 1.47 bits per heavy atom. The molecular formula is C14H22N2O2S. The summed E-state index contributed by atoms with van der Waals surface area (Å²) in [5.74, 6) is 0.0225. The molecule has 1 amide bonds. The van der Waals surface area contributed by atoms with E-state index >= 15 is 0 Å². The fourth-order valence-corrected chi connectivity index (χ4v) is 3.32. The average Bonchev–Trinajstić information content (AvgIpc) is 2.83. The van der Waals surface area contributed by atoms with Crippen molar-refractivity contribution < 1.29 is 9.53 Å². The van der Waals surface area contributed by atoms with Crippen LogP contribution in [0.15, 0.2) is 12.1 Å². The van der Waals surface area contributed by atoms with Crippen molar-refractivity contribution in [3.8, 4) is 0 Å². The molecule has 0 saturated carbocycles. The smallest absolute Gasteiger partial charge is 0.243 e. The summed E-state index contributed by atoms with van der Waals surface area (Å²) in [5.41, 5.74) is 5.50. The molecule has 1 aliphatic heterocycles. The van der Waals surface area contributed by atoms with E-state index in [0.717, 1.165) is 0 Å². The Bertz CT molecular complexity index is 452. The van der Waals surface area contributed by atoms with Crippen LogP contribution in [0.25, 0.3) is 0 Å². The first kappa shape index (κ1) is 14.5. The summed E-state index contributed by atoms with van der Waals surface area (Å²) >= 11 is 1.73. The molecule has 0 bridgehead atoms. The minimum Gasteiger partial charge on any atom is -0.381 e. The van der Waals surface area contributed by atoms with E-state index in [9.17, 15) is 4.79 Å². The number of amides is 1. The van der Waals surface area contributed by atoms with Gasteiger partial charge in [0.25, 0.3) is 0 Å². The van der Waals surface area contributed by atoms with E-state index in [1.165, 1.54) is 9.75 Å². The van der Waals surface area contributed by atoms with Crippen LogP contribution in [0, 0.1) is 6.92 Å². The first-order valence-electron chi connectivity index (χ1n) is 6.64. The largest absolute Gasteiger partial charge is 0.381 e. The lowest BCUT2D eigenvalue weighted by Crippen LogP contribution is -2.57. The highest BCUT2D eigenvalue weighted by molar-refractivity contribution is 7.12. The van der Waals surface area contributed by atoms with Crippen molar-refractivity contribution in [2.45, 2.75) is 38.3 Å². The zero-order chi connectivity index (χ0) is 14.0. The summed E-state index contributed by atoms with van der Waals surface area (Å²) in [7, 11) is 1.84. The van der Waals surface area contributed by atoms with Crippen molar-refractivity contribution in [3.63, 3.8) is 0 Å². The molecule has 1 unspecified atom stereocenters. The topological polar surface area (TPSA) is 55.6 Å². The van der Waals surface area contributed by atoms with Gasteiger partial charge in [-0.05, 0) is 38.8 Å². The van der Waals surface area contributed by atoms with Crippen LogP contribution in [0.5, 0.6) is 0 Å². The van der Waals surface area contributed by atoms with Gasteiger partial charge in [-0.1, -0.05) is 0 Å². The molecule has 4 nitrogen and oxygen atoms in total. The van der Waals surface area contributed by atoms with Gasteiger partial charge in [0.1, 0.15) is 0 Å². The van der Waals surface area contributed by atoms with Gasteiger partial charge in [-0.15, -0.1) is 11.3 Å². The molecule has 1 aromatic heterocycles. The molecule has 0 aromatic carbocycles. The molecular weight excluding hydrogens is 260 g/mol. The molecule has 1 saturated heterocycles. The number of hydrogen-bond donors (Lipinski definition) is 1. The molecule has 0 radical (unpaired) electrons. The number of hydrogen-bond acceptors (Lipinski definition) is 4. The van der Waals surface area contributed by atoms with Crippen molar-refractivity contribution in [2.24, 2.45) is 5.73 Å².